The minimum atomic E-state index is -0.805. The van der Waals surface area contributed by atoms with Crippen LogP contribution < -0.4 is 10.1 Å². The van der Waals surface area contributed by atoms with Gasteiger partial charge in [-0.1, -0.05) is 12.1 Å². The second-order valence-electron chi connectivity index (χ2n) is 11.6. The number of thioether (sulfide) groups is 1. The summed E-state index contributed by atoms with van der Waals surface area (Å²) in [6, 6.07) is 17.9. The molecule has 2 aliphatic rings. The number of nitrogens with zero attached hydrogens (tertiary/aromatic N) is 4. The van der Waals surface area contributed by atoms with Gasteiger partial charge in [0, 0.05) is 60.9 Å². The number of hydrogen-bond acceptors (Lipinski definition) is 11. The second-order valence-corrected chi connectivity index (χ2v) is 12.9. The summed E-state index contributed by atoms with van der Waals surface area (Å²) in [5, 5.41) is 24.8. The average molecular weight is 694 g/mol. The summed E-state index contributed by atoms with van der Waals surface area (Å²) in [5.41, 5.74) is 2.10. The Labute approximate surface area is 285 Å². The van der Waals surface area contributed by atoms with Crippen LogP contribution in [0.2, 0.25) is 0 Å². The summed E-state index contributed by atoms with van der Waals surface area (Å²) in [6.45, 7) is 0.682. The van der Waals surface area contributed by atoms with E-state index in [-0.39, 0.29) is 54.9 Å². The lowest BCUT2D eigenvalue weighted by molar-refractivity contribution is -0.385. The van der Waals surface area contributed by atoms with E-state index in [4.69, 9.17) is 14.2 Å². The van der Waals surface area contributed by atoms with Crippen molar-refractivity contribution in [3.8, 4) is 5.75 Å². The molecule has 0 radical (unpaired) electrons. The molecule has 0 bridgehead atoms. The van der Waals surface area contributed by atoms with Crippen molar-refractivity contribution in [1.82, 2.24) is 15.1 Å². The molecule has 1 N–H and O–H groups in total. The monoisotopic (exact) mass is 693 g/mol. The van der Waals surface area contributed by atoms with Crippen molar-refractivity contribution in [2.45, 2.75) is 49.1 Å². The number of carbonyl (C=O) groups is 3. The van der Waals surface area contributed by atoms with Crippen molar-refractivity contribution >= 4 is 41.2 Å². The lowest BCUT2D eigenvalue weighted by atomic mass is 10.1. The predicted molar refractivity (Wildman–Crippen MR) is 178 cm³/mol. The summed E-state index contributed by atoms with van der Waals surface area (Å²) < 4.78 is 16.1. The number of benzene rings is 3. The van der Waals surface area contributed by atoms with Crippen molar-refractivity contribution in [1.29, 1.82) is 0 Å². The van der Waals surface area contributed by atoms with E-state index < -0.39 is 28.1 Å². The molecule has 3 aromatic carbocycles. The number of non-ortho nitro benzene ring substituents is 2. The number of carbonyl (C=O) groups excluding carboxylic acids is 3. The molecule has 3 amide bonds. The molecular formula is C33H35N5O10S. The number of hydrogen-bond donors (Lipinski definition) is 1. The lowest BCUT2D eigenvalue weighted by Crippen LogP contribution is -2.49. The number of ether oxygens (including phenoxy) is 3. The first-order valence-electron chi connectivity index (χ1n) is 15.5. The first-order chi connectivity index (χ1) is 23.6. The van der Waals surface area contributed by atoms with E-state index in [1.54, 1.807) is 18.9 Å². The van der Waals surface area contributed by atoms with Crippen molar-refractivity contribution < 1.29 is 38.4 Å². The number of methoxy groups -OCH3 is 1. The molecule has 2 saturated heterocycles. The van der Waals surface area contributed by atoms with Gasteiger partial charge in [0.15, 0.2) is 0 Å². The maximum Gasteiger partial charge on any atom is 0.410 e. The highest BCUT2D eigenvalue weighted by Gasteiger charge is 2.42. The van der Waals surface area contributed by atoms with Gasteiger partial charge >= 0.3 is 12.2 Å². The number of rotatable bonds is 12. The lowest BCUT2D eigenvalue weighted by Gasteiger charge is -2.25. The molecule has 5 rings (SSSR count). The van der Waals surface area contributed by atoms with E-state index in [1.807, 2.05) is 24.3 Å². The van der Waals surface area contributed by atoms with Crippen molar-refractivity contribution in [3.05, 3.63) is 110 Å². The largest absolute Gasteiger partial charge is 0.497 e. The molecule has 0 aromatic heterocycles. The molecule has 3 atom stereocenters. The molecule has 1 unspecified atom stereocenters. The fraction of sp³-hybridized carbons (Fsp3) is 0.364. The zero-order valence-electron chi connectivity index (χ0n) is 26.6. The number of likely N-dealkylation sites (tertiary alicyclic amines) is 2. The first kappa shape index (κ1) is 34.9. The van der Waals surface area contributed by atoms with Crippen molar-refractivity contribution in [3.63, 3.8) is 0 Å². The van der Waals surface area contributed by atoms with E-state index in [2.05, 4.69) is 5.32 Å². The molecular weight excluding hydrogens is 658 g/mol. The molecule has 258 valence electrons. The summed E-state index contributed by atoms with van der Waals surface area (Å²) in [6.07, 6.45) is -0.352. The van der Waals surface area contributed by atoms with Gasteiger partial charge in [0.05, 0.1) is 17.0 Å². The van der Waals surface area contributed by atoms with E-state index >= 15 is 0 Å². The number of nitro groups is 2. The Bertz CT molecular complexity index is 1660. The molecule has 0 saturated carbocycles. The number of amides is 3. The third kappa shape index (κ3) is 9.37. The summed E-state index contributed by atoms with van der Waals surface area (Å²) in [4.78, 5) is 63.3. The normalized spacial score (nSPS) is 18.5. The van der Waals surface area contributed by atoms with Crippen LogP contribution in [0.25, 0.3) is 0 Å². The second kappa shape index (κ2) is 16.1. The van der Waals surface area contributed by atoms with Gasteiger partial charge in [-0.15, -0.1) is 0 Å². The molecule has 0 aliphatic carbocycles. The fourth-order valence-corrected chi connectivity index (χ4v) is 6.74. The Morgan fingerprint density at radius 1 is 0.816 bits per heavy atom. The van der Waals surface area contributed by atoms with Crippen molar-refractivity contribution in [2.24, 2.45) is 0 Å². The van der Waals surface area contributed by atoms with Crippen LogP contribution in [-0.2, 0) is 33.2 Å². The highest BCUT2D eigenvalue weighted by atomic mass is 32.2. The Morgan fingerprint density at radius 3 is 1.92 bits per heavy atom. The zero-order valence-corrected chi connectivity index (χ0v) is 27.4. The van der Waals surface area contributed by atoms with Crippen LogP contribution in [0.4, 0.5) is 21.0 Å². The van der Waals surface area contributed by atoms with Gasteiger partial charge in [-0.3, -0.25) is 29.9 Å². The highest BCUT2D eigenvalue weighted by Crippen LogP contribution is 2.31. The summed E-state index contributed by atoms with van der Waals surface area (Å²) in [5.74, 6) is 1.05. The molecule has 3 aromatic rings. The third-order valence-electron chi connectivity index (χ3n) is 8.26. The SMILES string of the molecule is COc1ccc(CS[C@H]2C[C@@H](C(=O)NC3CCN(C(=O)OCc4ccc([N+](=O)[O-])cc4)C3)N(C(=O)OCc3ccc([N+](=O)[O-])cc3)C2)cc1. The third-order valence-corrected chi connectivity index (χ3v) is 9.57. The van der Waals surface area contributed by atoms with Crippen LogP contribution in [-0.4, -0.2) is 81.8 Å². The molecule has 15 nitrogen and oxygen atoms in total. The maximum atomic E-state index is 13.6. The molecule has 0 spiro atoms. The fourth-order valence-electron chi connectivity index (χ4n) is 5.54. The number of nitrogens with one attached hydrogen (secondary N) is 1. The van der Waals surface area contributed by atoms with Gasteiger partial charge in [-0.2, -0.15) is 11.8 Å². The summed E-state index contributed by atoms with van der Waals surface area (Å²) in [7, 11) is 1.60. The molecule has 2 fully saturated rings. The summed E-state index contributed by atoms with van der Waals surface area (Å²) >= 11 is 1.63. The Hall–Kier alpha value is -5.38. The highest BCUT2D eigenvalue weighted by molar-refractivity contribution is 7.99. The van der Waals surface area contributed by atoms with E-state index in [9.17, 15) is 34.6 Å². The van der Waals surface area contributed by atoms with Gasteiger partial charge in [-0.25, -0.2) is 9.59 Å². The topological polar surface area (TPSA) is 184 Å². The van der Waals surface area contributed by atoms with Gasteiger partial charge in [0.1, 0.15) is 25.0 Å². The Balaban J connectivity index is 1.17. The zero-order chi connectivity index (χ0) is 34.9. The minimum Gasteiger partial charge on any atom is -0.497 e. The van der Waals surface area contributed by atoms with Gasteiger partial charge < -0.3 is 24.4 Å². The molecule has 49 heavy (non-hydrogen) atoms. The predicted octanol–water partition coefficient (Wildman–Crippen LogP) is 5.05. The van der Waals surface area contributed by atoms with Crippen LogP contribution in [0, 0.1) is 20.2 Å². The van der Waals surface area contributed by atoms with E-state index in [0.717, 1.165) is 11.3 Å². The van der Waals surface area contributed by atoms with Crippen LogP contribution in [0.3, 0.4) is 0 Å². The van der Waals surface area contributed by atoms with E-state index in [0.29, 0.717) is 36.3 Å². The van der Waals surface area contributed by atoms with Crippen molar-refractivity contribution in [2.75, 3.05) is 26.7 Å². The number of nitro benzene ring substituents is 2. The Morgan fingerprint density at radius 2 is 1.37 bits per heavy atom. The maximum absolute atomic E-state index is 13.6. The molecule has 2 aliphatic heterocycles. The standard InChI is InChI=1S/C33H35N5O10S/c1-46-28-12-6-24(7-13-28)21-49-29-16-30(36(18-29)33(41)48-20-23-4-10-27(11-5-23)38(44)45)31(39)34-25-14-15-35(17-25)32(40)47-19-22-2-8-26(9-3-22)37(42)43/h2-13,25,29-30H,14-21H2,1H3,(H,34,39)/t25?,29-,30-/m0/s1. The van der Waals surface area contributed by atoms with Crippen LogP contribution >= 0.6 is 11.8 Å². The Kier molecular flexibility index (Phi) is 11.5. The van der Waals surface area contributed by atoms with Crippen LogP contribution in [0.15, 0.2) is 72.8 Å². The van der Waals surface area contributed by atoms with Gasteiger partial charge in [0.2, 0.25) is 5.91 Å². The smallest absolute Gasteiger partial charge is 0.410 e. The first-order valence-corrected chi connectivity index (χ1v) is 16.5. The van der Waals surface area contributed by atoms with Crippen LogP contribution in [0.5, 0.6) is 5.75 Å². The quantitative estimate of drug-likeness (QED) is 0.198. The van der Waals surface area contributed by atoms with Crippen LogP contribution in [0.1, 0.15) is 29.5 Å². The van der Waals surface area contributed by atoms with Gasteiger partial charge in [0.25, 0.3) is 11.4 Å². The minimum absolute atomic E-state index is 0.0562. The van der Waals surface area contributed by atoms with E-state index in [1.165, 1.54) is 58.3 Å². The van der Waals surface area contributed by atoms with Gasteiger partial charge in [-0.05, 0) is 65.9 Å². The molecule has 2 heterocycles. The molecule has 16 heteroatoms. The average Bonchev–Trinajstić information content (AvgIpc) is 3.77.